The van der Waals surface area contributed by atoms with Gasteiger partial charge in [-0.2, -0.15) is 0 Å². The Labute approximate surface area is 107 Å². The normalized spacial score (nSPS) is 12.4. The predicted molar refractivity (Wildman–Crippen MR) is 64.3 cm³/mol. The Morgan fingerprint density at radius 1 is 0.533 bits per heavy atom. The van der Waals surface area contributed by atoms with Crippen LogP contribution < -0.4 is 17.0 Å². The molecule has 0 aromatic heterocycles. The van der Waals surface area contributed by atoms with E-state index in [2.05, 4.69) is 42.3 Å². The highest BCUT2D eigenvalue weighted by atomic mass is 79.9. The van der Waals surface area contributed by atoms with Crippen LogP contribution in [-0.2, 0) is 0 Å². The highest BCUT2D eigenvalue weighted by Gasteiger charge is 2.07. The zero-order valence-corrected chi connectivity index (χ0v) is 13.1. The maximum Gasteiger partial charge on any atom is 0.0780 e. The third kappa shape index (κ3) is 17.0. The van der Waals surface area contributed by atoms with Gasteiger partial charge < -0.3 is 25.9 Å². The van der Waals surface area contributed by atoms with E-state index in [1.165, 1.54) is 38.8 Å². The van der Waals surface area contributed by atoms with Gasteiger partial charge in [-0.15, -0.1) is 0 Å². The number of hydrogen-bond acceptors (Lipinski definition) is 0. The summed E-state index contributed by atoms with van der Waals surface area (Å²) in [5, 5.41) is 0. The number of halogens is 1. The van der Waals surface area contributed by atoms with E-state index in [9.17, 15) is 0 Å². The lowest BCUT2D eigenvalue weighted by Crippen LogP contribution is -3.00. The molecule has 0 amide bonds. The standard InChI is InChI=1S/C12H30N2.BrH/c1-13(2,3)11-9-7-8-10-12-14(4,5)6;/h7-12H2,1-6H3;1H/q+2;/p-1. The third-order valence-corrected chi connectivity index (χ3v) is 2.41. The largest absolute Gasteiger partial charge is 1.00 e. The first kappa shape index (κ1) is 17.8. The summed E-state index contributed by atoms with van der Waals surface area (Å²) in [6, 6.07) is 0. The Morgan fingerprint density at radius 3 is 1.00 bits per heavy atom. The van der Waals surface area contributed by atoms with Crippen LogP contribution in [0.15, 0.2) is 0 Å². The number of unbranched alkanes of at least 4 members (excludes halogenated alkanes) is 3. The van der Waals surface area contributed by atoms with E-state index in [1.54, 1.807) is 0 Å². The number of rotatable bonds is 7. The van der Waals surface area contributed by atoms with Gasteiger partial charge in [0, 0.05) is 0 Å². The fourth-order valence-electron chi connectivity index (χ4n) is 1.53. The van der Waals surface area contributed by atoms with Gasteiger partial charge in [-0.3, -0.25) is 0 Å². The highest BCUT2D eigenvalue weighted by molar-refractivity contribution is 4.42. The monoisotopic (exact) mass is 281 g/mol. The van der Waals surface area contributed by atoms with Crippen molar-refractivity contribution in [2.75, 3.05) is 55.4 Å². The molecule has 0 heterocycles. The molecule has 94 valence electrons. The summed E-state index contributed by atoms with van der Waals surface area (Å²) >= 11 is 0. The molecule has 0 bridgehead atoms. The Bertz CT molecular complexity index is 127. The number of hydrogen-bond donors (Lipinski definition) is 0. The SMILES string of the molecule is C[N+](C)(C)CCCCCC[N+](C)(C)C.[Br-]. The van der Waals surface area contributed by atoms with E-state index >= 15 is 0 Å². The predicted octanol–water partition coefficient (Wildman–Crippen LogP) is -1.04. The third-order valence-electron chi connectivity index (χ3n) is 2.41. The zero-order valence-electron chi connectivity index (χ0n) is 11.5. The molecular formula is C12H30BrN2+. The smallest absolute Gasteiger partial charge is 0.0780 e. The molecule has 0 N–H and O–H groups in total. The van der Waals surface area contributed by atoms with Crippen LogP contribution in [0.25, 0.3) is 0 Å². The molecule has 0 aliphatic rings. The van der Waals surface area contributed by atoms with Gasteiger partial charge in [0.05, 0.1) is 55.4 Å². The molecule has 3 heteroatoms. The second-order valence-corrected chi connectivity index (χ2v) is 6.44. The summed E-state index contributed by atoms with van der Waals surface area (Å²) in [6.07, 6.45) is 5.55. The summed E-state index contributed by atoms with van der Waals surface area (Å²) in [5.74, 6) is 0. The minimum Gasteiger partial charge on any atom is -1.00 e. The molecule has 0 atom stereocenters. The van der Waals surface area contributed by atoms with Crippen molar-refractivity contribution in [1.29, 1.82) is 0 Å². The summed E-state index contributed by atoms with van der Waals surface area (Å²) in [6.45, 7) is 2.62. The molecule has 0 fully saturated rings. The van der Waals surface area contributed by atoms with Crippen LogP contribution in [0, 0.1) is 0 Å². The van der Waals surface area contributed by atoms with Gasteiger partial charge in [-0.05, 0) is 25.7 Å². The first-order valence-electron chi connectivity index (χ1n) is 5.82. The summed E-state index contributed by atoms with van der Waals surface area (Å²) in [7, 11) is 13.6. The van der Waals surface area contributed by atoms with Gasteiger partial charge in [0.25, 0.3) is 0 Å². The summed E-state index contributed by atoms with van der Waals surface area (Å²) in [4.78, 5) is 0. The van der Waals surface area contributed by atoms with Gasteiger partial charge in [0.1, 0.15) is 0 Å². The molecule has 15 heavy (non-hydrogen) atoms. The van der Waals surface area contributed by atoms with Crippen molar-refractivity contribution in [3.05, 3.63) is 0 Å². The Kier molecular flexibility index (Phi) is 9.05. The minimum atomic E-state index is 0. The van der Waals surface area contributed by atoms with Gasteiger partial charge in [0.15, 0.2) is 0 Å². The fourth-order valence-corrected chi connectivity index (χ4v) is 1.53. The second kappa shape index (κ2) is 7.64. The van der Waals surface area contributed by atoms with Gasteiger partial charge >= 0.3 is 0 Å². The van der Waals surface area contributed by atoms with Crippen LogP contribution in [0.2, 0.25) is 0 Å². The first-order chi connectivity index (χ1) is 6.21. The Balaban J connectivity index is 0. The van der Waals surface area contributed by atoms with Crippen molar-refractivity contribution in [1.82, 2.24) is 0 Å². The number of nitrogens with zero attached hydrogens (tertiary/aromatic N) is 2. The molecular weight excluding hydrogens is 252 g/mol. The van der Waals surface area contributed by atoms with Crippen molar-refractivity contribution in [3.8, 4) is 0 Å². The molecule has 2 nitrogen and oxygen atoms in total. The first-order valence-corrected chi connectivity index (χ1v) is 5.82. The van der Waals surface area contributed by atoms with E-state index in [0.29, 0.717) is 0 Å². The summed E-state index contributed by atoms with van der Waals surface area (Å²) < 4.78 is 2.21. The number of quaternary nitrogens is 2. The van der Waals surface area contributed by atoms with Crippen molar-refractivity contribution in [3.63, 3.8) is 0 Å². The van der Waals surface area contributed by atoms with Crippen molar-refractivity contribution in [2.24, 2.45) is 0 Å². The summed E-state index contributed by atoms with van der Waals surface area (Å²) in [5.41, 5.74) is 0. The fraction of sp³-hybridized carbons (Fsp3) is 1.00. The van der Waals surface area contributed by atoms with E-state index in [4.69, 9.17) is 0 Å². The quantitative estimate of drug-likeness (QED) is 0.413. The molecule has 0 rings (SSSR count). The van der Waals surface area contributed by atoms with Gasteiger partial charge in [-0.1, -0.05) is 0 Å². The minimum absolute atomic E-state index is 0. The van der Waals surface area contributed by atoms with Crippen LogP contribution in [0.5, 0.6) is 0 Å². The van der Waals surface area contributed by atoms with Crippen LogP contribution in [0.1, 0.15) is 25.7 Å². The average Bonchev–Trinajstić information content (AvgIpc) is 1.92. The van der Waals surface area contributed by atoms with E-state index in [1.807, 2.05) is 0 Å². The molecule has 0 radical (unpaired) electrons. The van der Waals surface area contributed by atoms with Crippen LogP contribution in [0.3, 0.4) is 0 Å². The lowest BCUT2D eigenvalue weighted by Gasteiger charge is -2.25. The molecule has 0 aliphatic carbocycles. The molecule has 0 aliphatic heterocycles. The molecule has 0 saturated carbocycles. The average molecular weight is 282 g/mol. The molecule has 0 aromatic carbocycles. The maximum absolute atomic E-state index is 2.27. The van der Waals surface area contributed by atoms with Gasteiger partial charge in [0.2, 0.25) is 0 Å². The molecule has 0 spiro atoms. The topological polar surface area (TPSA) is 0 Å². The molecule has 0 aromatic rings. The molecule has 0 unspecified atom stereocenters. The second-order valence-electron chi connectivity index (χ2n) is 6.44. The van der Waals surface area contributed by atoms with E-state index in [0.717, 1.165) is 8.97 Å². The van der Waals surface area contributed by atoms with Crippen LogP contribution in [0.4, 0.5) is 0 Å². The lowest BCUT2D eigenvalue weighted by atomic mass is 10.1. The van der Waals surface area contributed by atoms with Gasteiger partial charge in [-0.25, -0.2) is 0 Å². The van der Waals surface area contributed by atoms with Crippen molar-refractivity contribution < 1.29 is 25.9 Å². The van der Waals surface area contributed by atoms with Crippen molar-refractivity contribution >= 4 is 0 Å². The Morgan fingerprint density at radius 2 is 0.800 bits per heavy atom. The molecule has 0 saturated heterocycles. The zero-order chi connectivity index (χ0) is 11.2. The van der Waals surface area contributed by atoms with Crippen molar-refractivity contribution in [2.45, 2.75) is 25.7 Å². The highest BCUT2D eigenvalue weighted by Crippen LogP contribution is 2.05. The van der Waals surface area contributed by atoms with Crippen LogP contribution >= 0.6 is 0 Å². The Hall–Kier alpha value is 0.400. The maximum atomic E-state index is 2.27. The lowest BCUT2D eigenvalue weighted by molar-refractivity contribution is -0.871. The van der Waals surface area contributed by atoms with E-state index in [-0.39, 0.29) is 17.0 Å². The van der Waals surface area contributed by atoms with E-state index < -0.39 is 0 Å². The van der Waals surface area contributed by atoms with Crippen LogP contribution in [-0.4, -0.2) is 64.3 Å².